The van der Waals surface area contributed by atoms with Crippen molar-refractivity contribution in [1.29, 1.82) is 0 Å². The van der Waals surface area contributed by atoms with Gasteiger partial charge in [0.05, 0.1) is 0 Å². The van der Waals surface area contributed by atoms with Crippen molar-refractivity contribution in [2.45, 2.75) is 31.7 Å². The fourth-order valence-electron chi connectivity index (χ4n) is 1.39. The maximum absolute atomic E-state index is 2.42. The van der Waals surface area contributed by atoms with E-state index in [-0.39, 0.29) is 0 Å². The average molecular weight is 140 g/mol. The predicted molar refractivity (Wildman–Crippen MR) is 45.8 cm³/mol. The van der Waals surface area contributed by atoms with Crippen molar-refractivity contribution >= 4 is 10.2 Å². The van der Waals surface area contributed by atoms with Gasteiger partial charge in [0.2, 0.25) is 0 Å². The van der Waals surface area contributed by atoms with Gasteiger partial charge < -0.3 is 0 Å². The SMILES string of the molecule is CC([SiH3])C1C=CCCC1. The summed E-state index contributed by atoms with van der Waals surface area (Å²) in [6, 6.07) is 0. The molecule has 0 N–H and O–H groups in total. The first-order valence-corrected chi connectivity index (χ1v) is 5.13. The van der Waals surface area contributed by atoms with E-state index >= 15 is 0 Å². The maximum Gasteiger partial charge on any atom is 0.00712 e. The van der Waals surface area contributed by atoms with Gasteiger partial charge in [-0.05, 0) is 25.2 Å². The fraction of sp³-hybridized carbons (Fsp3) is 0.750. The summed E-state index contributed by atoms with van der Waals surface area (Å²) in [6.07, 6.45) is 8.96. The van der Waals surface area contributed by atoms with Crippen LogP contribution in [0.3, 0.4) is 0 Å². The molecular weight excluding hydrogens is 124 g/mol. The second kappa shape index (κ2) is 3.21. The molecule has 0 nitrogen and oxygen atoms in total. The summed E-state index contributed by atoms with van der Waals surface area (Å²) in [5.74, 6) is 0.936. The van der Waals surface area contributed by atoms with E-state index in [1.807, 2.05) is 0 Å². The first-order chi connectivity index (χ1) is 4.30. The molecule has 2 atom stereocenters. The van der Waals surface area contributed by atoms with Crippen LogP contribution in [-0.2, 0) is 0 Å². The van der Waals surface area contributed by atoms with E-state index in [1.54, 1.807) is 0 Å². The quantitative estimate of drug-likeness (QED) is 0.383. The molecule has 1 aliphatic rings. The molecule has 52 valence electrons. The van der Waals surface area contributed by atoms with Gasteiger partial charge in [0, 0.05) is 10.2 Å². The molecule has 0 bridgehead atoms. The van der Waals surface area contributed by atoms with Crippen LogP contribution in [0.5, 0.6) is 0 Å². The molecule has 0 saturated heterocycles. The highest BCUT2D eigenvalue weighted by Gasteiger charge is 2.10. The van der Waals surface area contributed by atoms with Crippen molar-refractivity contribution in [2.75, 3.05) is 0 Å². The Morgan fingerprint density at radius 1 is 1.67 bits per heavy atom. The predicted octanol–water partition coefficient (Wildman–Crippen LogP) is 1.52. The van der Waals surface area contributed by atoms with Crippen molar-refractivity contribution in [1.82, 2.24) is 0 Å². The van der Waals surface area contributed by atoms with E-state index < -0.39 is 0 Å². The Labute approximate surface area is 60.8 Å². The van der Waals surface area contributed by atoms with E-state index in [1.165, 1.54) is 29.5 Å². The Balaban J connectivity index is 2.40. The van der Waals surface area contributed by atoms with Crippen LogP contribution in [0.2, 0.25) is 5.54 Å². The second-order valence-electron chi connectivity index (χ2n) is 3.27. The van der Waals surface area contributed by atoms with E-state index in [2.05, 4.69) is 19.1 Å². The highest BCUT2D eigenvalue weighted by atomic mass is 28.1. The molecule has 0 aromatic rings. The largest absolute Gasteiger partial charge is 0.0883 e. The third kappa shape index (κ3) is 1.97. The van der Waals surface area contributed by atoms with Gasteiger partial charge in [0.25, 0.3) is 0 Å². The summed E-state index contributed by atoms with van der Waals surface area (Å²) < 4.78 is 0. The molecule has 0 radical (unpaired) electrons. The van der Waals surface area contributed by atoms with Gasteiger partial charge in [0.1, 0.15) is 0 Å². The standard InChI is InChI=1S/C8H16Si/c1-7(9)8-5-3-2-4-6-8/h3,5,7-8H,2,4,6H2,1,9H3. The first kappa shape index (κ1) is 7.07. The Bertz CT molecular complexity index is 105. The molecule has 1 aliphatic carbocycles. The van der Waals surface area contributed by atoms with Gasteiger partial charge in [-0.3, -0.25) is 0 Å². The zero-order valence-corrected chi connectivity index (χ0v) is 8.43. The van der Waals surface area contributed by atoms with E-state index in [0.29, 0.717) is 0 Å². The van der Waals surface area contributed by atoms with E-state index in [4.69, 9.17) is 0 Å². The maximum atomic E-state index is 2.42. The van der Waals surface area contributed by atoms with Crippen LogP contribution in [0.1, 0.15) is 26.2 Å². The summed E-state index contributed by atoms with van der Waals surface area (Å²) in [7, 11) is 1.36. The average Bonchev–Trinajstić information content (AvgIpc) is 1.90. The van der Waals surface area contributed by atoms with Crippen LogP contribution in [0.25, 0.3) is 0 Å². The zero-order chi connectivity index (χ0) is 6.69. The van der Waals surface area contributed by atoms with Crippen molar-refractivity contribution in [3.8, 4) is 0 Å². The summed E-state index contributed by atoms with van der Waals surface area (Å²) in [4.78, 5) is 0. The molecule has 9 heavy (non-hydrogen) atoms. The van der Waals surface area contributed by atoms with Gasteiger partial charge in [0.15, 0.2) is 0 Å². The van der Waals surface area contributed by atoms with Crippen LogP contribution in [-0.4, -0.2) is 10.2 Å². The molecule has 0 fully saturated rings. The number of rotatable bonds is 1. The van der Waals surface area contributed by atoms with E-state index in [9.17, 15) is 0 Å². The fourth-order valence-corrected chi connectivity index (χ4v) is 1.95. The molecule has 1 rings (SSSR count). The molecule has 0 amide bonds. The molecule has 0 heterocycles. The monoisotopic (exact) mass is 140 g/mol. The summed E-state index contributed by atoms with van der Waals surface area (Å²) in [6.45, 7) is 2.37. The van der Waals surface area contributed by atoms with Crippen LogP contribution in [0.15, 0.2) is 12.2 Å². The smallest absolute Gasteiger partial charge is 0.00712 e. The van der Waals surface area contributed by atoms with Gasteiger partial charge >= 0.3 is 0 Å². The minimum atomic E-state index is 0.936. The summed E-state index contributed by atoms with van der Waals surface area (Å²) in [5.41, 5.74) is 0.988. The van der Waals surface area contributed by atoms with Gasteiger partial charge in [-0.2, -0.15) is 0 Å². The highest BCUT2D eigenvalue weighted by Crippen LogP contribution is 2.25. The lowest BCUT2D eigenvalue weighted by Gasteiger charge is -2.19. The van der Waals surface area contributed by atoms with Gasteiger partial charge in [-0.15, -0.1) is 0 Å². The Kier molecular flexibility index (Phi) is 2.52. The summed E-state index contributed by atoms with van der Waals surface area (Å²) in [5, 5.41) is 0. The minimum Gasteiger partial charge on any atom is -0.0883 e. The van der Waals surface area contributed by atoms with E-state index in [0.717, 1.165) is 11.5 Å². The van der Waals surface area contributed by atoms with Crippen molar-refractivity contribution in [2.24, 2.45) is 5.92 Å². The van der Waals surface area contributed by atoms with Crippen molar-refractivity contribution in [3.05, 3.63) is 12.2 Å². The van der Waals surface area contributed by atoms with Crippen LogP contribution < -0.4 is 0 Å². The van der Waals surface area contributed by atoms with Crippen molar-refractivity contribution in [3.63, 3.8) is 0 Å². The Morgan fingerprint density at radius 2 is 2.44 bits per heavy atom. The minimum absolute atomic E-state index is 0.936. The Hall–Kier alpha value is -0.0431. The van der Waals surface area contributed by atoms with Crippen LogP contribution >= 0.6 is 0 Å². The topological polar surface area (TPSA) is 0 Å². The molecule has 0 aromatic carbocycles. The lowest BCUT2D eigenvalue weighted by molar-refractivity contribution is 0.527. The molecule has 2 unspecified atom stereocenters. The lowest BCUT2D eigenvalue weighted by atomic mass is 9.93. The molecule has 0 aromatic heterocycles. The number of hydrogen-bond donors (Lipinski definition) is 0. The number of allylic oxidation sites excluding steroid dienone is 2. The molecule has 0 saturated carbocycles. The molecule has 1 heteroatoms. The van der Waals surface area contributed by atoms with Gasteiger partial charge in [-0.25, -0.2) is 0 Å². The number of hydrogen-bond acceptors (Lipinski definition) is 0. The Morgan fingerprint density at radius 3 is 2.78 bits per heavy atom. The van der Waals surface area contributed by atoms with Crippen LogP contribution in [0.4, 0.5) is 0 Å². The molecule has 0 spiro atoms. The molecule has 0 aliphatic heterocycles. The first-order valence-electron chi connectivity index (χ1n) is 3.97. The van der Waals surface area contributed by atoms with Gasteiger partial charge in [-0.1, -0.05) is 24.6 Å². The third-order valence-electron chi connectivity index (χ3n) is 2.15. The second-order valence-corrected chi connectivity index (χ2v) is 5.09. The normalized spacial score (nSPS) is 30.6. The molecular formula is C8H16Si. The highest BCUT2D eigenvalue weighted by molar-refractivity contribution is 6.11. The third-order valence-corrected chi connectivity index (χ3v) is 3.00. The lowest BCUT2D eigenvalue weighted by Crippen LogP contribution is -2.05. The summed E-state index contributed by atoms with van der Waals surface area (Å²) >= 11 is 0. The van der Waals surface area contributed by atoms with Crippen LogP contribution in [0, 0.1) is 5.92 Å². The van der Waals surface area contributed by atoms with Crippen molar-refractivity contribution < 1.29 is 0 Å². The zero-order valence-electron chi connectivity index (χ0n) is 6.43.